The molecule has 0 saturated carbocycles. The summed E-state index contributed by atoms with van der Waals surface area (Å²) in [5, 5.41) is 4.05. The van der Waals surface area contributed by atoms with Gasteiger partial charge in [0.15, 0.2) is 5.82 Å². The molecule has 7 heteroatoms. The van der Waals surface area contributed by atoms with Gasteiger partial charge in [0.2, 0.25) is 11.8 Å². The molecule has 0 spiro atoms. The molecule has 3 aromatic rings. The molecule has 0 unspecified atom stereocenters. The third-order valence-electron chi connectivity index (χ3n) is 4.66. The van der Waals surface area contributed by atoms with Gasteiger partial charge in [-0.05, 0) is 30.2 Å². The summed E-state index contributed by atoms with van der Waals surface area (Å²) in [6.07, 6.45) is 1.74. The van der Waals surface area contributed by atoms with Gasteiger partial charge in [0.1, 0.15) is 5.82 Å². The van der Waals surface area contributed by atoms with Crippen molar-refractivity contribution < 1.29 is 13.7 Å². The van der Waals surface area contributed by atoms with Crippen LogP contribution in [0.5, 0.6) is 0 Å². The second kappa shape index (κ2) is 7.48. The van der Waals surface area contributed by atoms with E-state index >= 15 is 0 Å². The highest BCUT2D eigenvalue weighted by atomic mass is 35.5. The number of carbonyl (C=O) groups is 1. The van der Waals surface area contributed by atoms with Crippen LogP contribution in [0.25, 0.3) is 0 Å². The first-order chi connectivity index (χ1) is 13.1. The fourth-order valence-corrected chi connectivity index (χ4v) is 3.39. The number of nitrogens with zero attached hydrogens (tertiary/aromatic N) is 3. The van der Waals surface area contributed by atoms with Crippen molar-refractivity contribution in [3.05, 3.63) is 76.6 Å². The van der Waals surface area contributed by atoms with E-state index in [9.17, 15) is 9.18 Å². The number of amides is 1. The second-order valence-electron chi connectivity index (χ2n) is 6.54. The van der Waals surface area contributed by atoms with E-state index in [1.807, 2.05) is 18.2 Å². The Hall–Kier alpha value is -2.73. The summed E-state index contributed by atoms with van der Waals surface area (Å²) in [6, 6.07) is 14.3. The van der Waals surface area contributed by atoms with Crippen LogP contribution in [0.3, 0.4) is 0 Å². The standard InChI is InChI=1S/C20H17ClFN3O2/c21-16-11-15(7-8-17(16)22)25-12-14(10-19(25)26)20-23-18(27-24-20)9-6-13-4-2-1-3-5-13/h1-5,7-8,11,14H,6,9-10,12H2/t14-/m0/s1. The SMILES string of the molecule is O=C1C[C@H](c2noc(CCc3ccccc3)n2)CN1c1ccc(F)c(Cl)c1. The fourth-order valence-electron chi connectivity index (χ4n) is 3.21. The van der Waals surface area contributed by atoms with Crippen LogP contribution < -0.4 is 4.90 Å². The van der Waals surface area contributed by atoms with Gasteiger partial charge in [0.05, 0.1) is 5.02 Å². The van der Waals surface area contributed by atoms with E-state index in [1.54, 1.807) is 11.0 Å². The van der Waals surface area contributed by atoms with Crippen molar-refractivity contribution in [1.82, 2.24) is 10.1 Å². The molecule has 2 aromatic carbocycles. The minimum Gasteiger partial charge on any atom is -0.339 e. The molecule has 138 valence electrons. The van der Waals surface area contributed by atoms with Gasteiger partial charge in [-0.15, -0.1) is 0 Å². The Bertz CT molecular complexity index is 961. The number of aromatic nitrogens is 2. The highest BCUT2D eigenvalue weighted by Crippen LogP contribution is 2.32. The van der Waals surface area contributed by atoms with Crippen LogP contribution in [0.15, 0.2) is 53.1 Å². The molecule has 4 rings (SSSR count). The Morgan fingerprint density at radius 2 is 2.00 bits per heavy atom. The molecule has 1 fully saturated rings. The van der Waals surface area contributed by atoms with Crippen molar-refractivity contribution in [2.75, 3.05) is 11.4 Å². The van der Waals surface area contributed by atoms with E-state index in [0.29, 0.717) is 30.4 Å². The van der Waals surface area contributed by atoms with Gasteiger partial charge in [0.25, 0.3) is 0 Å². The van der Waals surface area contributed by atoms with Crippen LogP contribution in [0, 0.1) is 5.82 Å². The van der Waals surface area contributed by atoms with Crippen LogP contribution in [0.2, 0.25) is 5.02 Å². The zero-order valence-corrected chi connectivity index (χ0v) is 15.2. The predicted octanol–water partition coefficient (Wildman–Crippen LogP) is 4.17. The fraction of sp³-hybridized carbons (Fsp3) is 0.250. The maximum Gasteiger partial charge on any atom is 0.227 e. The number of rotatable bonds is 5. The third kappa shape index (κ3) is 3.85. The Morgan fingerprint density at radius 3 is 2.78 bits per heavy atom. The molecule has 1 aliphatic rings. The van der Waals surface area contributed by atoms with Crippen molar-refractivity contribution in [3.63, 3.8) is 0 Å². The third-order valence-corrected chi connectivity index (χ3v) is 4.95. The van der Waals surface area contributed by atoms with E-state index in [2.05, 4.69) is 22.3 Å². The highest BCUT2D eigenvalue weighted by molar-refractivity contribution is 6.31. The summed E-state index contributed by atoms with van der Waals surface area (Å²) in [4.78, 5) is 18.4. The lowest BCUT2D eigenvalue weighted by molar-refractivity contribution is -0.117. The average Bonchev–Trinajstić information content (AvgIpc) is 3.30. The first kappa shape index (κ1) is 17.7. The molecule has 0 radical (unpaired) electrons. The van der Waals surface area contributed by atoms with E-state index in [-0.39, 0.29) is 23.3 Å². The van der Waals surface area contributed by atoms with Crippen LogP contribution in [-0.4, -0.2) is 22.6 Å². The van der Waals surface area contributed by atoms with Crippen molar-refractivity contribution in [3.8, 4) is 0 Å². The molecule has 2 heterocycles. The van der Waals surface area contributed by atoms with Crippen molar-refractivity contribution in [2.45, 2.75) is 25.2 Å². The smallest absolute Gasteiger partial charge is 0.227 e. The lowest BCUT2D eigenvalue weighted by Gasteiger charge is -2.16. The van der Waals surface area contributed by atoms with Gasteiger partial charge in [-0.25, -0.2) is 4.39 Å². The van der Waals surface area contributed by atoms with Crippen molar-refractivity contribution in [1.29, 1.82) is 0 Å². The molecule has 0 bridgehead atoms. The van der Waals surface area contributed by atoms with Crippen LogP contribution >= 0.6 is 11.6 Å². The first-order valence-corrected chi connectivity index (χ1v) is 9.10. The number of benzene rings is 2. The lowest BCUT2D eigenvalue weighted by atomic mass is 10.1. The minimum atomic E-state index is -0.509. The maximum absolute atomic E-state index is 13.4. The van der Waals surface area contributed by atoms with E-state index in [1.165, 1.54) is 17.7 Å². The zero-order valence-electron chi connectivity index (χ0n) is 14.4. The van der Waals surface area contributed by atoms with Gasteiger partial charge >= 0.3 is 0 Å². The van der Waals surface area contributed by atoms with E-state index in [0.717, 1.165) is 6.42 Å². The molecule has 1 aromatic heterocycles. The molecule has 1 saturated heterocycles. The molecular formula is C20H17ClFN3O2. The number of carbonyl (C=O) groups excluding carboxylic acids is 1. The summed E-state index contributed by atoms with van der Waals surface area (Å²) < 4.78 is 18.7. The van der Waals surface area contributed by atoms with Crippen LogP contribution in [0.4, 0.5) is 10.1 Å². The van der Waals surface area contributed by atoms with Gasteiger partial charge in [-0.1, -0.05) is 47.1 Å². The molecule has 1 aliphatic heterocycles. The Kier molecular flexibility index (Phi) is 4.90. The summed E-state index contributed by atoms with van der Waals surface area (Å²) in [7, 11) is 0. The molecule has 5 nitrogen and oxygen atoms in total. The summed E-state index contributed by atoms with van der Waals surface area (Å²) in [6.45, 7) is 0.415. The number of aryl methyl sites for hydroxylation is 2. The highest BCUT2D eigenvalue weighted by Gasteiger charge is 2.34. The molecule has 0 aliphatic carbocycles. The average molecular weight is 386 g/mol. The van der Waals surface area contributed by atoms with Crippen LogP contribution in [0.1, 0.15) is 29.6 Å². The number of halogens is 2. The molecule has 1 amide bonds. The topological polar surface area (TPSA) is 59.2 Å². The van der Waals surface area contributed by atoms with E-state index in [4.69, 9.17) is 16.1 Å². The Morgan fingerprint density at radius 1 is 1.19 bits per heavy atom. The van der Waals surface area contributed by atoms with Gasteiger partial charge in [0, 0.05) is 31.0 Å². The predicted molar refractivity (Wildman–Crippen MR) is 99.3 cm³/mol. The van der Waals surface area contributed by atoms with Crippen molar-refractivity contribution >= 4 is 23.2 Å². The molecule has 0 N–H and O–H groups in total. The lowest BCUT2D eigenvalue weighted by Crippen LogP contribution is -2.24. The Balaban J connectivity index is 1.43. The van der Waals surface area contributed by atoms with E-state index < -0.39 is 5.82 Å². The second-order valence-corrected chi connectivity index (χ2v) is 6.94. The normalized spacial score (nSPS) is 16.9. The minimum absolute atomic E-state index is 0.00786. The summed E-state index contributed by atoms with van der Waals surface area (Å²) in [5.41, 5.74) is 1.77. The zero-order chi connectivity index (χ0) is 18.8. The van der Waals surface area contributed by atoms with Crippen LogP contribution in [-0.2, 0) is 17.6 Å². The van der Waals surface area contributed by atoms with Gasteiger partial charge < -0.3 is 9.42 Å². The maximum atomic E-state index is 13.4. The monoisotopic (exact) mass is 385 g/mol. The largest absolute Gasteiger partial charge is 0.339 e. The Labute approximate surface area is 160 Å². The summed E-state index contributed by atoms with van der Waals surface area (Å²) >= 11 is 5.83. The first-order valence-electron chi connectivity index (χ1n) is 8.72. The van der Waals surface area contributed by atoms with Crippen molar-refractivity contribution in [2.24, 2.45) is 0 Å². The number of hydrogen-bond donors (Lipinski definition) is 0. The molecule has 27 heavy (non-hydrogen) atoms. The molecule has 1 atom stereocenters. The summed E-state index contributed by atoms with van der Waals surface area (Å²) in [5.74, 6) is 0.352. The number of hydrogen-bond acceptors (Lipinski definition) is 4. The number of anilines is 1. The van der Waals surface area contributed by atoms with Gasteiger partial charge in [-0.2, -0.15) is 4.98 Å². The quantitative estimate of drug-likeness (QED) is 0.661. The molecular weight excluding hydrogens is 369 g/mol. The van der Waals surface area contributed by atoms with Gasteiger partial charge in [-0.3, -0.25) is 4.79 Å².